The number of aromatic amines is 1. The van der Waals surface area contributed by atoms with E-state index in [1.54, 1.807) is 10.9 Å². The molecular weight excluding hydrogens is 252 g/mol. The number of carbonyl (C=O) groups is 1. The van der Waals surface area contributed by atoms with Crippen LogP contribution < -0.4 is 5.32 Å². The van der Waals surface area contributed by atoms with E-state index >= 15 is 0 Å². The Morgan fingerprint density at radius 1 is 1.30 bits per heavy atom. The molecule has 0 aliphatic heterocycles. The van der Waals surface area contributed by atoms with Crippen LogP contribution in [0.4, 0.5) is 0 Å². The van der Waals surface area contributed by atoms with Gasteiger partial charge < -0.3 is 10.3 Å². The van der Waals surface area contributed by atoms with E-state index in [0.29, 0.717) is 19.5 Å². The number of hydrogen-bond donors (Lipinski definition) is 2. The van der Waals surface area contributed by atoms with Crippen LogP contribution >= 0.6 is 0 Å². The number of H-pyrrole nitrogens is 1. The molecule has 5 nitrogen and oxygen atoms in total. The molecule has 102 valence electrons. The van der Waals surface area contributed by atoms with Crippen molar-refractivity contribution >= 4 is 16.8 Å². The molecule has 0 saturated heterocycles. The lowest BCUT2D eigenvalue weighted by molar-refractivity contribution is -0.120. The lowest BCUT2D eigenvalue weighted by atomic mass is 10.1. The molecule has 3 aromatic rings. The van der Waals surface area contributed by atoms with E-state index in [2.05, 4.69) is 15.4 Å². The maximum Gasteiger partial charge on any atom is 0.224 e. The van der Waals surface area contributed by atoms with Crippen molar-refractivity contribution in [3.05, 3.63) is 54.5 Å². The molecule has 2 N–H and O–H groups in total. The van der Waals surface area contributed by atoms with Gasteiger partial charge in [-0.05, 0) is 17.7 Å². The van der Waals surface area contributed by atoms with Crippen molar-refractivity contribution in [1.82, 2.24) is 20.1 Å². The lowest BCUT2D eigenvalue weighted by Crippen LogP contribution is -2.28. The first-order valence-corrected chi connectivity index (χ1v) is 6.62. The highest BCUT2D eigenvalue weighted by molar-refractivity contribution is 5.88. The molecule has 0 unspecified atom stereocenters. The number of nitrogens with zero attached hydrogens (tertiary/aromatic N) is 2. The Balaban J connectivity index is 1.56. The molecule has 0 fully saturated rings. The third kappa shape index (κ3) is 2.71. The zero-order valence-corrected chi connectivity index (χ0v) is 11.0. The normalized spacial score (nSPS) is 10.8. The van der Waals surface area contributed by atoms with Crippen molar-refractivity contribution in [2.45, 2.75) is 13.0 Å². The van der Waals surface area contributed by atoms with E-state index in [0.717, 1.165) is 16.5 Å². The second kappa shape index (κ2) is 5.61. The second-order valence-corrected chi connectivity index (χ2v) is 4.66. The van der Waals surface area contributed by atoms with Gasteiger partial charge >= 0.3 is 0 Å². The van der Waals surface area contributed by atoms with Gasteiger partial charge in [0.2, 0.25) is 5.91 Å². The Morgan fingerprint density at radius 3 is 3.05 bits per heavy atom. The molecule has 0 aliphatic carbocycles. The summed E-state index contributed by atoms with van der Waals surface area (Å²) < 4.78 is 1.80. The second-order valence-electron chi connectivity index (χ2n) is 4.66. The summed E-state index contributed by atoms with van der Waals surface area (Å²) in [5, 5.41) is 8.11. The number of amides is 1. The van der Waals surface area contributed by atoms with E-state index in [1.165, 1.54) is 0 Å². The van der Waals surface area contributed by atoms with Crippen molar-refractivity contribution in [3.63, 3.8) is 0 Å². The molecule has 0 atom stereocenters. The summed E-state index contributed by atoms with van der Waals surface area (Å²) >= 11 is 0. The predicted octanol–water partition coefficient (Wildman–Crippen LogP) is 1.72. The summed E-state index contributed by atoms with van der Waals surface area (Å²) in [5.41, 5.74) is 2.09. The van der Waals surface area contributed by atoms with Crippen LogP contribution in [0.5, 0.6) is 0 Å². The summed E-state index contributed by atoms with van der Waals surface area (Å²) in [6.45, 7) is 1.27. The van der Waals surface area contributed by atoms with Gasteiger partial charge in [0, 0.05) is 36.0 Å². The lowest BCUT2D eigenvalue weighted by Gasteiger charge is -2.05. The molecule has 0 bridgehead atoms. The predicted molar refractivity (Wildman–Crippen MR) is 77.2 cm³/mol. The number of fused-ring (bicyclic) bond motifs is 1. The SMILES string of the molecule is O=C(Cc1c[nH]c2ccccc12)NCCn1cccn1. The number of hydrogen-bond acceptors (Lipinski definition) is 2. The van der Waals surface area contributed by atoms with Crippen molar-refractivity contribution in [2.75, 3.05) is 6.54 Å². The van der Waals surface area contributed by atoms with Crippen molar-refractivity contribution in [2.24, 2.45) is 0 Å². The van der Waals surface area contributed by atoms with Gasteiger partial charge in [0.15, 0.2) is 0 Å². The van der Waals surface area contributed by atoms with E-state index in [-0.39, 0.29) is 5.91 Å². The van der Waals surface area contributed by atoms with Gasteiger partial charge in [0.05, 0.1) is 13.0 Å². The summed E-state index contributed by atoms with van der Waals surface area (Å²) in [6, 6.07) is 9.86. The van der Waals surface area contributed by atoms with Crippen LogP contribution in [-0.2, 0) is 17.8 Å². The van der Waals surface area contributed by atoms with E-state index in [4.69, 9.17) is 0 Å². The minimum Gasteiger partial charge on any atom is -0.361 e. The number of aromatic nitrogens is 3. The molecule has 0 spiro atoms. The van der Waals surface area contributed by atoms with Gasteiger partial charge in [0.25, 0.3) is 0 Å². The van der Waals surface area contributed by atoms with Crippen LogP contribution in [0.2, 0.25) is 0 Å². The van der Waals surface area contributed by atoms with Gasteiger partial charge in [-0.3, -0.25) is 9.48 Å². The number of benzene rings is 1. The topological polar surface area (TPSA) is 62.7 Å². The highest BCUT2D eigenvalue weighted by Gasteiger charge is 2.07. The van der Waals surface area contributed by atoms with Gasteiger partial charge in [-0.15, -0.1) is 0 Å². The third-order valence-electron chi connectivity index (χ3n) is 3.25. The molecule has 0 saturated carbocycles. The minimum absolute atomic E-state index is 0.0295. The van der Waals surface area contributed by atoms with Crippen molar-refractivity contribution < 1.29 is 4.79 Å². The van der Waals surface area contributed by atoms with Crippen LogP contribution in [0.3, 0.4) is 0 Å². The van der Waals surface area contributed by atoms with E-state index in [1.807, 2.05) is 42.7 Å². The first-order chi connectivity index (χ1) is 9.83. The fraction of sp³-hybridized carbons (Fsp3) is 0.200. The quantitative estimate of drug-likeness (QED) is 0.740. The molecule has 2 aromatic heterocycles. The standard InChI is InChI=1S/C15H16N4O/c20-15(16-7-9-19-8-3-6-18-19)10-12-11-17-14-5-2-1-4-13(12)14/h1-6,8,11,17H,7,9-10H2,(H,16,20). The molecule has 3 rings (SSSR count). The van der Waals surface area contributed by atoms with Crippen molar-refractivity contribution in [3.8, 4) is 0 Å². The molecule has 0 radical (unpaired) electrons. The smallest absolute Gasteiger partial charge is 0.224 e. The van der Waals surface area contributed by atoms with Crippen LogP contribution in [0.25, 0.3) is 10.9 Å². The number of para-hydroxylation sites is 1. The maximum absolute atomic E-state index is 11.9. The summed E-state index contributed by atoms with van der Waals surface area (Å²) in [6.07, 6.45) is 5.90. The number of nitrogens with one attached hydrogen (secondary N) is 2. The largest absolute Gasteiger partial charge is 0.361 e. The average Bonchev–Trinajstić information content (AvgIpc) is 3.09. The molecule has 0 aliphatic rings. The van der Waals surface area contributed by atoms with Gasteiger partial charge in [-0.25, -0.2) is 0 Å². The summed E-state index contributed by atoms with van der Waals surface area (Å²) in [4.78, 5) is 15.1. The fourth-order valence-corrected chi connectivity index (χ4v) is 2.26. The zero-order valence-electron chi connectivity index (χ0n) is 11.0. The minimum atomic E-state index is 0.0295. The number of rotatable bonds is 5. The van der Waals surface area contributed by atoms with Crippen LogP contribution in [0, 0.1) is 0 Å². The molecule has 1 amide bonds. The molecule has 20 heavy (non-hydrogen) atoms. The highest BCUT2D eigenvalue weighted by Crippen LogP contribution is 2.17. The Labute approximate surface area is 116 Å². The Hall–Kier alpha value is -2.56. The molecule has 1 aromatic carbocycles. The highest BCUT2D eigenvalue weighted by atomic mass is 16.1. The first kappa shape index (κ1) is 12.5. The average molecular weight is 268 g/mol. The molecule has 5 heteroatoms. The van der Waals surface area contributed by atoms with Crippen LogP contribution in [-0.4, -0.2) is 27.2 Å². The third-order valence-corrected chi connectivity index (χ3v) is 3.25. The number of carbonyl (C=O) groups excluding carboxylic acids is 1. The fourth-order valence-electron chi connectivity index (χ4n) is 2.26. The van der Waals surface area contributed by atoms with Gasteiger partial charge in [0.1, 0.15) is 0 Å². The maximum atomic E-state index is 11.9. The molecule has 2 heterocycles. The van der Waals surface area contributed by atoms with Gasteiger partial charge in [-0.1, -0.05) is 18.2 Å². The van der Waals surface area contributed by atoms with E-state index in [9.17, 15) is 4.79 Å². The van der Waals surface area contributed by atoms with Crippen LogP contribution in [0.1, 0.15) is 5.56 Å². The Kier molecular flexibility index (Phi) is 3.50. The molecular formula is C15H16N4O. The summed E-state index contributed by atoms with van der Waals surface area (Å²) in [7, 11) is 0. The first-order valence-electron chi connectivity index (χ1n) is 6.62. The summed E-state index contributed by atoms with van der Waals surface area (Å²) in [5.74, 6) is 0.0295. The Bertz CT molecular complexity index is 700. The zero-order chi connectivity index (χ0) is 13.8. The Morgan fingerprint density at radius 2 is 2.20 bits per heavy atom. The van der Waals surface area contributed by atoms with E-state index < -0.39 is 0 Å². The van der Waals surface area contributed by atoms with Crippen LogP contribution in [0.15, 0.2) is 48.9 Å². The van der Waals surface area contributed by atoms with Gasteiger partial charge in [-0.2, -0.15) is 5.10 Å². The monoisotopic (exact) mass is 268 g/mol. The van der Waals surface area contributed by atoms with Crippen molar-refractivity contribution in [1.29, 1.82) is 0 Å².